The van der Waals surface area contributed by atoms with E-state index in [0.717, 1.165) is 10.6 Å². The SMILES string of the molecule is CCCNC(=O)[C@@H](CC)N(Cc1c(Cl)cccc1Cl)C(=O)CN(c1cc(Cl)cc(Cl)c1)S(C)(=O)=O. The van der Waals surface area contributed by atoms with Gasteiger partial charge < -0.3 is 10.2 Å². The summed E-state index contributed by atoms with van der Waals surface area (Å²) in [7, 11) is -3.92. The fourth-order valence-electron chi connectivity index (χ4n) is 3.44. The van der Waals surface area contributed by atoms with Crippen LogP contribution < -0.4 is 9.62 Å². The molecule has 0 radical (unpaired) electrons. The maximum absolute atomic E-state index is 13.6. The van der Waals surface area contributed by atoms with Crippen LogP contribution in [0.4, 0.5) is 5.69 Å². The molecule has 2 aromatic rings. The number of sulfonamides is 1. The van der Waals surface area contributed by atoms with Crippen LogP contribution in [0.15, 0.2) is 36.4 Å². The summed E-state index contributed by atoms with van der Waals surface area (Å²) in [6.07, 6.45) is 1.96. The predicted molar refractivity (Wildman–Crippen MR) is 143 cm³/mol. The molecule has 1 atom stereocenters. The minimum atomic E-state index is -3.92. The average molecular weight is 583 g/mol. The van der Waals surface area contributed by atoms with E-state index in [-0.39, 0.29) is 34.6 Å². The second kappa shape index (κ2) is 13.0. The van der Waals surface area contributed by atoms with E-state index in [1.807, 2.05) is 6.92 Å². The zero-order valence-corrected chi connectivity index (χ0v) is 23.4. The first-order chi connectivity index (χ1) is 16.4. The largest absolute Gasteiger partial charge is 0.354 e. The van der Waals surface area contributed by atoms with Crippen molar-refractivity contribution < 1.29 is 18.0 Å². The Morgan fingerprint density at radius 2 is 1.57 bits per heavy atom. The number of anilines is 1. The van der Waals surface area contributed by atoms with E-state index in [9.17, 15) is 18.0 Å². The molecule has 2 amide bonds. The summed E-state index contributed by atoms with van der Waals surface area (Å²) in [5.41, 5.74) is 0.570. The lowest BCUT2D eigenvalue weighted by Gasteiger charge is -2.33. The van der Waals surface area contributed by atoms with Crippen molar-refractivity contribution in [3.8, 4) is 0 Å². The lowest BCUT2D eigenvalue weighted by Crippen LogP contribution is -2.52. The minimum absolute atomic E-state index is 0.0940. The molecule has 35 heavy (non-hydrogen) atoms. The Kier molecular flexibility index (Phi) is 11.0. The van der Waals surface area contributed by atoms with E-state index in [4.69, 9.17) is 46.4 Å². The molecule has 2 aromatic carbocycles. The van der Waals surface area contributed by atoms with Crippen molar-refractivity contribution >= 4 is 73.9 Å². The summed E-state index contributed by atoms with van der Waals surface area (Å²) >= 11 is 24.8. The second-order valence-corrected chi connectivity index (χ2v) is 11.4. The van der Waals surface area contributed by atoms with Crippen LogP contribution in [-0.2, 0) is 26.2 Å². The molecule has 192 valence electrons. The van der Waals surface area contributed by atoms with Crippen molar-refractivity contribution in [1.82, 2.24) is 10.2 Å². The normalized spacial score (nSPS) is 12.2. The number of halogens is 4. The fraction of sp³-hybridized carbons (Fsp3) is 0.391. The molecule has 1 N–H and O–H groups in total. The molecule has 0 aliphatic rings. The van der Waals surface area contributed by atoms with E-state index in [1.165, 1.54) is 23.1 Å². The van der Waals surface area contributed by atoms with Gasteiger partial charge in [-0.2, -0.15) is 0 Å². The van der Waals surface area contributed by atoms with E-state index < -0.39 is 28.5 Å². The molecular formula is C23H27Cl4N3O4S. The van der Waals surface area contributed by atoms with Crippen LogP contribution in [0.1, 0.15) is 32.3 Å². The molecule has 0 bridgehead atoms. The summed E-state index contributed by atoms with van der Waals surface area (Å²) in [6.45, 7) is 3.42. The van der Waals surface area contributed by atoms with Gasteiger partial charge in [-0.05, 0) is 43.2 Å². The number of carbonyl (C=O) groups is 2. The standard InChI is InChI=1S/C23H27Cl4N3O4S/c1-4-9-28-23(32)21(5-2)29(13-18-19(26)7-6-8-20(18)27)22(31)14-30(35(3,33)34)17-11-15(24)10-16(25)12-17/h6-8,10-12,21H,4-5,9,13-14H2,1-3H3,(H,28,32)/t21-/m1/s1. The van der Waals surface area contributed by atoms with Gasteiger partial charge in [-0.3, -0.25) is 13.9 Å². The van der Waals surface area contributed by atoms with E-state index in [2.05, 4.69) is 5.32 Å². The molecule has 0 aliphatic carbocycles. The zero-order chi connectivity index (χ0) is 26.3. The number of hydrogen-bond donors (Lipinski definition) is 1. The highest BCUT2D eigenvalue weighted by atomic mass is 35.5. The topological polar surface area (TPSA) is 86.8 Å². The summed E-state index contributed by atoms with van der Waals surface area (Å²) in [6, 6.07) is 8.27. The van der Waals surface area contributed by atoms with Crippen LogP contribution in [0.25, 0.3) is 0 Å². The Hall–Kier alpha value is -1.71. The molecule has 0 aromatic heterocycles. The van der Waals surface area contributed by atoms with Crippen LogP contribution in [0.2, 0.25) is 20.1 Å². The Morgan fingerprint density at radius 3 is 2.06 bits per heavy atom. The van der Waals surface area contributed by atoms with Crippen molar-refractivity contribution in [3.05, 3.63) is 62.1 Å². The molecule has 7 nitrogen and oxygen atoms in total. The highest BCUT2D eigenvalue weighted by Gasteiger charge is 2.32. The number of amides is 2. The molecule has 12 heteroatoms. The number of nitrogens with zero attached hydrogens (tertiary/aromatic N) is 2. The van der Waals surface area contributed by atoms with Crippen LogP contribution in [0, 0.1) is 0 Å². The second-order valence-electron chi connectivity index (χ2n) is 7.83. The molecule has 2 rings (SSSR count). The number of carbonyl (C=O) groups excluding carboxylic acids is 2. The summed E-state index contributed by atoms with van der Waals surface area (Å²) in [5, 5.41) is 3.85. The average Bonchev–Trinajstić information content (AvgIpc) is 2.76. The highest BCUT2D eigenvalue weighted by Crippen LogP contribution is 2.29. The molecule has 0 spiro atoms. The number of rotatable bonds is 11. The maximum Gasteiger partial charge on any atom is 0.244 e. The van der Waals surface area contributed by atoms with Gasteiger partial charge in [0.1, 0.15) is 12.6 Å². The predicted octanol–water partition coefficient (Wildman–Crippen LogP) is 5.40. The fourth-order valence-corrected chi connectivity index (χ4v) is 5.30. The van der Waals surface area contributed by atoms with Crippen molar-refractivity contribution in [2.75, 3.05) is 23.7 Å². The monoisotopic (exact) mass is 581 g/mol. The third kappa shape index (κ3) is 8.15. The van der Waals surface area contributed by atoms with Crippen LogP contribution in [0.5, 0.6) is 0 Å². The minimum Gasteiger partial charge on any atom is -0.354 e. The first-order valence-electron chi connectivity index (χ1n) is 10.8. The lowest BCUT2D eigenvalue weighted by molar-refractivity contribution is -0.140. The molecule has 0 unspecified atom stereocenters. The molecule has 0 aliphatic heterocycles. The third-order valence-electron chi connectivity index (χ3n) is 5.14. The van der Waals surface area contributed by atoms with Crippen molar-refractivity contribution in [1.29, 1.82) is 0 Å². The van der Waals surface area contributed by atoms with Gasteiger partial charge in [0, 0.05) is 38.7 Å². The Bertz CT molecular complexity index is 1140. The number of benzene rings is 2. The van der Waals surface area contributed by atoms with Crippen LogP contribution >= 0.6 is 46.4 Å². The first kappa shape index (κ1) is 29.5. The van der Waals surface area contributed by atoms with Crippen molar-refractivity contribution in [3.63, 3.8) is 0 Å². The first-order valence-corrected chi connectivity index (χ1v) is 14.2. The van der Waals surface area contributed by atoms with Crippen molar-refractivity contribution in [2.24, 2.45) is 0 Å². The van der Waals surface area contributed by atoms with Gasteiger partial charge in [-0.15, -0.1) is 0 Å². The van der Waals surface area contributed by atoms with Gasteiger partial charge in [-0.25, -0.2) is 8.42 Å². The Labute approximate surface area is 226 Å². The molecular weight excluding hydrogens is 556 g/mol. The Balaban J connectivity index is 2.52. The van der Waals surface area contributed by atoms with Crippen molar-refractivity contribution in [2.45, 2.75) is 39.3 Å². The molecule has 0 saturated carbocycles. The summed E-state index contributed by atoms with van der Waals surface area (Å²) in [5.74, 6) is -0.983. The van der Waals surface area contributed by atoms with Gasteiger partial charge in [-0.1, -0.05) is 66.3 Å². The van der Waals surface area contributed by atoms with Crippen LogP contribution in [-0.4, -0.2) is 50.5 Å². The smallest absolute Gasteiger partial charge is 0.244 e. The number of hydrogen-bond acceptors (Lipinski definition) is 4. The van der Waals surface area contributed by atoms with Gasteiger partial charge in [0.2, 0.25) is 21.8 Å². The van der Waals surface area contributed by atoms with E-state index >= 15 is 0 Å². The summed E-state index contributed by atoms with van der Waals surface area (Å²) in [4.78, 5) is 27.9. The number of nitrogens with one attached hydrogen (secondary N) is 1. The molecule has 0 heterocycles. The Morgan fingerprint density at radius 1 is 1.00 bits per heavy atom. The third-order valence-corrected chi connectivity index (χ3v) is 7.43. The van der Waals surface area contributed by atoms with E-state index in [0.29, 0.717) is 28.6 Å². The summed E-state index contributed by atoms with van der Waals surface area (Å²) < 4.78 is 26.2. The van der Waals surface area contributed by atoms with Crippen LogP contribution in [0.3, 0.4) is 0 Å². The lowest BCUT2D eigenvalue weighted by atomic mass is 10.1. The van der Waals surface area contributed by atoms with E-state index in [1.54, 1.807) is 25.1 Å². The van der Waals surface area contributed by atoms with Gasteiger partial charge in [0.25, 0.3) is 0 Å². The maximum atomic E-state index is 13.6. The van der Waals surface area contributed by atoms with Gasteiger partial charge in [0.05, 0.1) is 11.9 Å². The highest BCUT2D eigenvalue weighted by molar-refractivity contribution is 7.92. The van der Waals surface area contributed by atoms with Gasteiger partial charge >= 0.3 is 0 Å². The van der Waals surface area contributed by atoms with Gasteiger partial charge in [0.15, 0.2) is 0 Å². The molecule has 0 saturated heterocycles. The zero-order valence-electron chi connectivity index (χ0n) is 19.5. The quantitative estimate of drug-likeness (QED) is 0.384. The molecule has 0 fully saturated rings.